The molecule has 0 saturated heterocycles. The first-order valence-electron chi connectivity index (χ1n) is 6.35. The van der Waals surface area contributed by atoms with Crippen molar-refractivity contribution in [3.8, 4) is 0 Å². The van der Waals surface area contributed by atoms with Crippen LogP contribution < -0.4 is 0 Å². The van der Waals surface area contributed by atoms with E-state index in [4.69, 9.17) is 0 Å². The molecule has 0 N–H and O–H groups in total. The van der Waals surface area contributed by atoms with Gasteiger partial charge in [-0.3, -0.25) is 0 Å². The van der Waals surface area contributed by atoms with Crippen LogP contribution in [-0.2, 0) is 11.2 Å². The molecular weight excluding hydrogens is 340 g/mol. The average Bonchev–Trinajstić information content (AvgIpc) is 2.38. The predicted molar refractivity (Wildman–Crippen MR) is 73.5 cm³/mol. The molecule has 0 bridgehead atoms. The summed E-state index contributed by atoms with van der Waals surface area (Å²) in [5.74, 6) is 0.0274. The lowest BCUT2D eigenvalue weighted by Crippen LogP contribution is -2.17. The maximum absolute atomic E-state index is 12.8. The van der Waals surface area contributed by atoms with Crippen LogP contribution in [0.1, 0.15) is 18.4 Å². The highest BCUT2D eigenvalue weighted by Gasteiger charge is 2.27. The van der Waals surface area contributed by atoms with Gasteiger partial charge in [0.25, 0.3) is 0 Å². The van der Waals surface area contributed by atoms with Crippen LogP contribution in [0.4, 0.5) is 17.6 Å². The number of benzene rings is 1. The molecule has 1 unspecified atom stereocenters. The van der Waals surface area contributed by atoms with Gasteiger partial charge in [0.1, 0.15) is 12.4 Å². The third-order valence-corrected chi connectivity index (χ3v) is 3.74. The highest BCUT2D eigenvalue weighted by Crippen LogP contribution is 2.18. The van der Waals surface area contributed by atoms with Crippen LogP contribution in [0.15, 0.2) is 24.3 Å². The fraction of sp³-hybridized carbons (Fsp3) is 0.571. The molecule has 0 aliphatic carbocycles. The molecule has 114 valence electrons. The second-order valence-electron chi connectivity index (χ2n) is 4.66. The SMILES string of the molecule is Fc1ccc(CC(CBr)CCCOCC(F)(F)F)cc1. The minimum absolute atomic E-state index is 0.104. The Labute approximate surface area is 124 Å². The van der Waals surface area contributed by atoms with Gasteiger partial charge in [-0.05, 0) is 42.9 Å². The third-order valence-electron chi connectivity index (χ3n) is 2.82. The van der Waals surface area contributed by atoms with Gasteiger partial charge in [0.2, 0.25) is 0 Å². The molecule has 0 aromatic heterocycles. The number of alkyl halides is 4. The van der Waals surface area contributed by atoms with Gasteiger partial charge < -0.3 is 4.74 Å². The van der Waals surface area contributed by atoms with E-state index < -0.39 is 12.8 Å². The van der Waals surface area contributed by atoms with Crippen LogP contribution in [0.3, 0.4) is 0 Å². The molecule has 1 rings (SSSR count). The zero-order valence-corrected chi connectivity index (χ0v) is 12.5. The third kappa shape index (κ3) is 7.85. The van der Waals surface area contributed by atoms with Gasteiger partial charge in [0.05, 0.1) is 0 Å². The van der Waals surface area contributed by atoms with Crippen LogP contribution in [0.25, 0.3) is 0 Å². The van der Waals surface area contributed by atoms with E-state index in [-0.39, 0.29) is 12.4 Å². The van der Waals surface area contributed by atoms with E-state index >= 15 is 0 Å². The molecule has 20 heavy (non-hydrogen) atoms. The first kappa shape index (κ1) is 17.4. The summed E-state index contributed by atoms with van der Waals surface area (Å²) >= 11 is 3.39. The standard InChI is InChI=1S/C14H17BrF4O/c15-9-12(2-1-7-20-10-14(17,18)19)8-11-3-5-13(16)6-4-11/h3-6,12H,1-2,7-10H2. The summed E-state index contributed by atoms with van der Waals surface area (Å²) in [5, 5.41) is 0.754. The van der Waals surface area contributed by atoms with E-state index in [9.17, 15) is 17.6 Å². The van der Waals surface area contributed by atoms with Crippen molar-refractivity contribution in [3.63, 3.8) is 0 Å². The second kappa shape index (κ2) is 8.62. The molecule has 0 spiro atoms. The van der Waals surface area contributed by atoms with E-state index in [0.29, 0.717) is 12.3 Å². The Bertz CT molecular complexity index is 378. The lowest BCUT2D eigenvalue weighted by atomic mass is 9.97. The molecule has 0 fully saturated rings. The van der Waals surface area contributed by atoms with Crippen LogP contribution in [0.5, 0.6) is 0 Å². The predicted octanol–water partition coefficient (Wildman–Crippen LogP) is 4.74. The minimum atomic E-state index is -4.26. The van der Waals surface area contributed by atoms with Gasteiger partial charge in [-0.25, -0.2) is 4.39 Å². The Morgan fingerprint density at radius 2 is 1.80 bits per heavy atom. The Morgan fingerprint density at radius 1 is 1.15 bits per heavy atom. The van der Waals surface area contributed by atoms with Crippen molar-refractivity contribution in [3.05, 3.63) is 35.6 Å². The largest absolute Gasteiger partial charge is 0.411 e. The first-order valence-corrected chi connectivity index (χ1v) is 7.48. The zero-order chi connectivity index (χ0) is 15.0. The number of hydrogen-bond acceptors (Lipinski definition) is 1. The number of rotatable bonds is 8. The van der Waals surface area contributed by atoms with Gasteiger partial charge in [0.15, 0.2) is 0 Å². The average molecular weight is 357 g/mol. The topological polar surface area (TPSA) is 9.23 Å². The van der Waals surface area contributed by atoms with E-state index in [1.165, 1.54) is 12.1 Å². The molecule has 0 radical (unpaired) electrons. The van der Waals surface area contributed by atoms with Crippen molar-refractivity contribution >= 4 is 15.9 Å². The van der Waals surface area contributed by atoms with Crippen molar-refractivity contribution in [1.82, 2.24) is 0 Å². The van der Waals surface area contributed by atoms with Crippen LogP contribution in [0.2, 0.25) is 0 Å². The van der Waals surface area contributed by atoms with Gasteiger partial charge in [-0.1, -0.05) is 28.1 Å². The summed E-state index contributed by atoms with van der Waals surface area (Å²) in [6.45, 7) is -1.09. The summed E-state index contributed by atoms with van der Waals surface area (Å²) in [6.07, 6.45) is -2.15. The summed E-state index contributed by atoms with van der Waals surface area (Å²) in [6, 6.07) is 6.27. The van der Waals surface area contributed by atoms with Crippen molar-refractivity contribution in [1.29, 1.82) is 0 Å². The highest BCUT2D eigenvalue weighted by molar-refractivity contribution is 9.09. The zero-order valence-electron chi connectivity index (χ0n) is 10.9. The van der Waals surface area contributed by atoms with Gasteiger partial charge in [-0.15, -0.1) is 0 Å². The second-order valence-corrected chi connectivity index (χ2v) is 5.31. The maximum Gasteiger partial charge on any atom is 0.411 e. The molecule has 6 heteroatoms. The fourth-order valence-corrected chi connectivity index (χ4v) is 2.40. The lowest BCUT2D eigenvalue weighted by molar-refractivity contribution is -0.174. The summed E-state index contributed by atoms with van der Waals surface area (Å²) < 4.78 is 52.9. The quantitative estimate of drug-likeness (QED) is 0.371. The van der Waals surface area contributed by atoms with Crippen molar-refractivity contribution in [2.75, 3.05) is 18.5 Å². The van der Waals surface area contributed by atoms with Crippen molar-refractivity contribution in [2.24, 2.45) is 5.92 Å². The van der Waals surface area contributed by atoms with E-state index in [0.717, 1.165) is 23.7 Å². The molecule has 0 heterocycles. The summed E-state index contributed by atoms with van der Waals surface area (Å²) in [5.41, 5.74) is 1.02. The minimum Gasteiger partial charge on any atom is -0.372 e. The molecule has 0 saturated carbocycles. The first-order chi connectivity index (χ1) is 9.40. The number of ether oxygens (including phenoxy) is 1. The monoisotopic (exact) mass is 356 g/mol. The van der Waals surface area contributed by atoms with Crippen LogP contribution >= 0.6 is 15.9 Å². The molecule has 1 aromatic carbocycles. The van der Waals surface area contributed by atoms with Gasteiger partial charge in [0, 0.05) is 11.9 Å². The molecule has 1 aromatic rings. The normalized spacial score (nSPS) is 13.4. The Morgan fingerprint density at radius 3 is 2.35 bits per heavy atom. The van der Waals surface area contributed by atoms with Crippen molar-refractivity contribution in [2.45, 2.75) is 25.4 Å². The van der Waals surface area contributed by atoms with Crippen molar-refractivity contribution < 1.29 is 22.3 Å². The maximum atomic E-state index is 12.8. The van der Waals surface area contributed by atoms with Crippen LogP contribution in [0, 0.1) is 11.7 Å². The Hall–Kier alpha value is -0.620. The lowest BCUT2D eigenvalue weighted by Gasteiger charge is -2.14. The Balaban J connectivity index is 2.24. The van der Waals surface area contributed by atoms with E-state index in [1.54, 1.807) is 12.1 Å². The van der Waals surface area contributed by atoms with Gasteiger partial charge >= 0.3 is 6.18 Å². The molecule has 1 atom stereocenters. The molecular formula is C14H17BrF4O. The molecule has 0 aliphatic heterocycles. The van der Waals surface area contributed by atoms with E-state index in [1.807, 2.05) is 0 Å². The Kier molecular flexibility index (Phi) is 7.51. The smallest absolute Gasteiger partial charge is 0.372 e. The van der Waals surface area contributed by atoms with Crippen LogP contribution in [-0.4, -0.2) is 24.7 Å². The highest BCUT2D eigenvalue weighted by atomic mass is 79.9. The molecule has 0 aliphatic rings. The number of halogens is 5. The van der Waals surface area contributed by atoms with Gasteiger partial charge in [-0.2, -0.15) is 13.2 Å². The van der Waals surface area contributed by atoms with E-state index in [2.05, 4.69) is 20.7 Å². The summed E-state index contributed by atoms with van der Waals surface area (Å²) in [4.78, 5) is 0. The summed E-state index contributed by atoms with van der Waals surface area (Å²) in [7, 11) is 0. The molecule has 0 amide bonds. The molecule has 1 nitrogen and oxygen atoms in total. The fourth-order valence-electron chi connectivity index (χ4n) is 1.85. The number of hydrogen-bond donors (Lipinski definition) is 0.